The maximum absolute atomic E-state index is 5.88. The molecule has 0 rings (SSSR count). The molecule has 0 aromatic carbocycles. The second kappa shape index (κ2) is 6.70. The summed E-state index contributed by atoms with van der Waals surface area (Å²) >= 11 is 5.88. The Balaban J connectivity index is 3.53. The lowest BCUT2D eigenvalue weighted by Crippen LogP contribution is -2.34. The summed E-state index contributed by atoms with van der Waals surface area (Å²) < 4.78 is 5.01. The highest BCUT2D eigenvalue weighted by molar-refractivity contribution is 6.20. The molecule has 0 aliphatic rings. The summed E-state index contributed by atoms with van der Waals surface area (Å²) in [7, 11) is 3.83. The van der Waals surface area contributed by atoms with Gasteiger partial charge < -0.3 is 9.64 Å². The zero-order chi connectivity index (χ0) is 9.56. The topological polar surface area (TPSA) is 12.5 Å². The molecular formula is C9H20ClNO. The zero-order valence-corrected chi connectivity index (χ0v) is 9.27. The van der Waals surface area contributed by atoms with Gasteiger partial charge in [-0.15, -0.1) is 11.6 Å². The lowest BCUT2D eigenvalue weighted by molar-refractivity contribution is 0.153. The average molecular weight is 194 g/mol. The van der Waals surface area contributed by atoms with Gasteiger partial charge in [0.05, 0.1) is 0 Å². The Kier molecular flexibility index (Phi) is 6.81. The van der Waals surface area contributed by atoms with E-state index in [1.807, 2.05) is 6.92 Å². The van der Waals surface area contributed by atoms with Crippen LogP contribution >= 0.6 is 11.6 Å². The van der Waals surface area contributed by atoms with Crippen LogP contribution in [0.5, 0.6) is 0 Å². The van der Waals surface area contributed by atoms with Crippen molar-refractivity contribution in [3.8, 4) is 0 Å². The fourth-order valence-corrected chi connectivity index (χ4v) is 1.30. The molecular weight excluding hydrogens is 174 g/mol. The van der Waals surface area contributed by atoms with Crippen molar-refractivity contribution in [3.05, 3.63) is 0 Å². The number of methoxy groups -OCH3 is 1. The Bertz CT molecular complexity index is 109. The number of hydrogen-bond donors (Lipinski definition) is 0. The minimum atomic E-state index is 0.222. The van der Waals surface area contributed by atoms with Gasteiger partial charge in [0.1, 0.15) is 0 Å². The summed E-state index contributed by atoms with van der Waals surface area (Å²) in [5, 5.41) is 0.222. The molecule has 0 saturated carbocycles. The normalized spacial score (nSPS) is 16.5. The first-order valence-corrected chi connectivity index (χ1v) is 4.84. The molecule has 0 aromatic rings. The third-order valence-corrected chi connectivity index (χ3v) is 2.17. The molecule has 0 amide bonds. The minimum absolute atomic E-state index is 0.222. The van der Waals surface area contributed by atoms with Crippen molar-refractivity contribution >= 4 is 11.6 Å². The predicted octanol–water partition coefficient (Wildman–Crippen LogP) is 1.97. The van der Waals surface area contributed by atoms with E-state index in [4.69, 9.17) is 16.3 Å². The highest BCUT2D eigenvalue weighted by Gasteiger charge is 2.10. The van der Waals surface area contributed by atoms with E-state index in [0.717, 1.165) is 19.6 Å². The molecule has 0 fully saturated rings. The van der Waals surface area contributed by atoms with Crippen LogP contribution in [0, 0.1) is 0 Å². The standard InChI is InChI=1S/C9H20ClNO/c1-8(10)7-11(3)9(2)5-6-12-4/h8-9H,5-7H2,1-4H3. The molecule has 12 heavy (non-hydrogen) atoms. The van der Waals surface area contributed by atoms with Crippen LogP contribution in [0.25, 0.3) is 0 Å². The molecule has 0 aliphatic carbocycles. The molecule has 2 nitrogen and oxygen atoms in total. The molecule has 0 saturated heterocycles. The monoisotopic (exact) mass is 193 g/mol. The molecule has 0 radical (unpaired) electrons. The molecule has 74 valence electrons. The molecule has 0 bridgehead atoms. The van der Waals surface area contributed by atoms with E-state index < -0.39 is 0 Å². The van der Waals surface area contributed by atoms with E-state index in [9.17, 15) is 0 Å². The summed E-state index contributed by atoms with van der Waals surface area (Å²) in [6.45, 7) is 5.97. The Morgan fingerprint density at radius 2 is 2.00 bits per heavy atom. The summed E-state index contributed by atoms with van der Waals surface area (Å²) in [4.78, 5) is 2.26. The van der Waals surface area contributed by atoms with Gasteiger partial charge in [-0.2, -0.15) is 0 Å². The maximum Gasteiger partial charge on any atom is 0.0477 e. The van der Waals surface area contributed by atoms with Crippen molar-refractivity contribution in [3.63, 3.8) is 0 Å². The molecule has 0 aromatic heterocycles. The van der Waals surface area contributed by atoms with E-state index in [1.165, 1.54) is 0 Å². The van der Waals surface area contributed by atoms with Gasteiger partial charge in [-0.1, -0.05) is 0 Å². The Hall–Kier alpha value is 0.210. The van der Waals surface area contributed by atoms with E-state index in [1.54, 1.807) is 7.11 Å². The number of nitrogens with zero attached hydrogens (tertiary/aromatic N) is 1. The van der Waals surface area contributed by atoms with Gasteiger partial charge in [0.25, 0.3) is 0 Å². The smallest absolute Gasteiger partial charge is 0.0477 e. The Labute approximate surface area is 80.8 Å². The Morgan fingerprint density at radius 3 is 2.42 bits per heavy atom. The van der Waals surface area contributed by atoms with Crippen molar-refractivity contribution in [1.29, 1.82) is 0 Å². The third kappa shape index (κ3) is 5.81. The first kappa shape index (κ1) is 12.2. The molecule has 2 atom stereocenters. The van der Waals surface area contributed by atoms with Gasteiger partial charge in [0, 0.05) is 31.7 Å². The van der Waals surface area contributed by atoms with Crippen LogP contribution in [0.15, 0.2) is 0 Å². The van der Waals surface area contributed by atoms with Gasteiger partial charge in [-0.3, -0.25) is 0 Å². The maximum atomic E-state index is 5.88. The summed E-state index contributed by atoms with van der Waals surface area (Å²) in [5.41, 5.74) is 0. The lowest BCUT2D eigenvalue weighted by Gasteiger charge is -2.25. The highest BCUT2D eigenvalue weighted by Crippen LogP contribution is 2.04. The van der Waals surface area contributed by atoms with Crippen LogP contribution in [0.1, 0.15) is 20.3 Å². The van der Waals surface area contributed by atoms with Crippen molar-refractivity contribution < 1.29 is 4.74 Å². The van der Waals surface area contributed by atoms with Crippen LogP contribution in [0.4, 0.5) is 0 Å². The van der Waals surface area contributed by atoms with Gasteiger partial charge in [0.15, 0.2) is 0 Å². The fraction of sp³-hybridized carbons (Fsp3) is 1.00. The van der Waals surface area contributed by atoms with Crippen LogP contribution in [0.2, 0.25) is 0 Å². The number of ether oxygens (including phenoxy) is 1. The summed E-state index contributed by atoms with van der Waals surface area (Å²) in [6.07, 6.45) is 1.07. The molecule has 0 heterocycles. The Morgan fingerprint density at radius 1 is 1.42 bits per heavy atom. The molecule has 0 spiro atoms. The highest BCUT2D eigenvalue weighted by atomic mass is 35.5. The SMILES string of the molecule is COCCC(C)N(C)CC(C)Cl. The van der Waals surface area contributed by atoms with Crippen LogP contribution in [-0.2, 0) is 4.74 Å². The largest absolute Gasteiger partial charge is 0.385 e. The van der Waals surface area contributed by atoms with Gasteiger partial charge >= 0.3 is 0 Å². The predicted molar refractivity (Wildman–Crippen MR) is 53.9 cm³/mol. The van der Waals surface area contributed by atoms with Gasteiger partial charge in [0.2, 0.25) is 0 Å². The molecule has 3 heteroatoms. The second-order valence-corrected chi connectivity index (χ2v) is 4.10. The van der Waals surface area contributed by atoms with Gasteiger partial charge in [-0.25, -0.2) is 0 Å². The minimum Gasteiger partial charge on any atom is -0.385 e. The van der Waals surface area contributed by atoms with E-state index in [0.29, 0.717) is 6.04 Å². The summed E-state index contributed by atoms with van der Waals surface area (Å²) in [6, 6.07) is 0.547. The van der Waals surface area contributed by atoms with Gasteiger partial charge in [-0.05, 0) is 27.3 Å². The van der Waals surface area contributed by atoms with Crippen molar-refractivity contribution in [2.75, 3.05) is 27.3 Å². The molecule has 2 unspecified atom stereocenters. The van der Waals surface area contributed by atoms with E-state index in [2.05, 4.69) is 18.9 Å². The first-order valence-electron chi connectivity index (χ1n) is 4.41. The number of hydrogen-bond acceptors (Lipinski definition) is 2. The van der Waals surface area contributed by atoms with Crippen LogP contribution in [-0.4, -0.2) is 43.6 Å². The van der Waals surface area contributed by atoms with Crippen molar-refractivity contribution in [2.45, 2.75) is 31.7 Å². The second-order valence-electron chi connectivity index (χ2n) is 3.35. The van der Waals surface area contributed by atoms with Crippen molar-refractivity contribution in [2.24, 2.45) is 0 Å². The first-order chi connectivity index (χ1) is 5.57. The van der Waals surface area contributed by atoms with E-state index >= 15 is 0 Å². The molecule has 0 N–H and O–H groups in total. The lowest BCUT2D eigenvalue weighted by atomic mass is 10.2. The molecule has 0 aliphatic heterocycles. The quantitative estimate of drug-likeness (QED) is 0.599. The number of alkyl halides is 1. The third-order valence-electron chi connectivity index (χ3n) is 2.03. The zero-order valence-electron chi connectivity index (χ0n) is 8.51. The van der Waals surface area contributed by atoms with Crippen molar-refractivity contribution in [1.82, 2.24) is 4.90 Å². The van der Waals surface area contributed by atoms with Crippen LogP contribution in [0.3, 0.4) is 0 Å². The number of halogens is 1. The van der Waals surface area contributed by atoms with E-state index in [-0.39, 0.29) is 5.38 Å². The fourth-order valence-electron chi connectivity index (χ4n) is 1.09. The van der Waals surface area contributed by atoms with Crippen LogP contribution < -0.4 is 0 Å². The summed E-state index contributed by atoms with van der Waals surface area (Å²) in [5.74, 6) is 0. The average Bonchev–Trinajstić information content (AvgIpc) is 1.98. The number of rotatable bonds is 6.